The molecule has 90 valence electrons. The topological polar surface area (TPSA) is 6.48 Å². The summed E-state index contributed by atoms with van der Waals surface area (Å²) in [7, 11) is -4.40. The molecule has 0 atom stereocenters. The van der Waals surface area contributed by atoms with Crippen LogP contribution in [0.3, 0.4) is 0 Å². The van der Waals surface area contributed by atoms with E-state index in [9.17, 15) is 8.22 Å². The van der Waals surface area contributed by atoms with Crippen LogP contribution in [0.25, 0.3) is 0 Å². The van der Waals surface area contributed by atoms with Crippen molar-refractivity contribution in [3.05, 3.63) is 0 Å². The molecule has 0 radical (unpaired) electrons. The molecule has 0 amide bonds. The third kappa shape index (κ3) is 2.40. The van der Waals surface area contributed by atoms with Gasteiger partial charge in [0.1, 0.15) is 0 Å². The van der Waals surface area contributed by atoms with E-state index in [1.54, 1.807) is 0 Å². The van der Waals surface area contributed by atoms with Gasteiger partial charge in [-0.15, -0.1) is 0 Å². The molecule has 5 heteroatoms. The summed E-state index contributed by atoms with van der Waals surface area (Å²) in [5.41, 5.74) is -0.870. The third-order valence-corrected chi connectivity index (χ3v) is 5.90. The monoisotopic (exact) mass is 236 g/mol. The number of nitrogens with zero attached hydrogens (tertiary/aromatic N) is 2. The van der Waals surface area contributed by atoms with Crippen LogP contribution >= 0.6 is 0 Å². The first kappa shape index (κ1) is 13.1. The molecule has 2 nitrogen and oxygen atoms in total. The molecule has 0 aromatic carbocycles. The zero-order chi connectivity index (χ0) is 12.1. The van der Waals surface area contributed by atoms with E-state index in [0.29, 0.717) is 13.1 Å². The summed E-state index contributed by atoms with van der Waals surface area (Å²) in [6.45, 7) is 12.1. The largest absolute Gasteiger partial charge is 0.600 e. The predicted molar refractivity (Wildman–Crippen MR) is 60.9 cm³/mol. The van der Waals surface area contributed by atoms with Gasteiger partial charge in [0.2, 0.25) is 0 Å². The van der Waals surface area contributed by atoms with Gasteiger partial charge in [0.05, 0.1) is 0 Å². The molecule has 1 heterocycles. The lowest BCUT2D eigenvalue weighted by molar-refractivity contribution is 0.182. The van der Waals surface area contributed by atoms with Crippen LogP contribution in [0.2, 0.25) is 0 Å². The van der Waals surface area contributed by atoms with E-state index in [1.165, 1.54) is 9.13 Å². The fraction of sp³-hybridized carbons (Fsp3) is 1.00. The third-order valence-electron chi connectivity index (χ3n) is 2.82. The second kappa shape index (κ2) is 3.50. The van der Waals surface area contributed by atoms with Gasteiger partial charge in [0.15, 0.2) is 0 Å². The minimum absolute atomic E-state index is 0.435. The first-order valence-corrected chi connectivity index (χ1v) is 7.06. The van der Waals surface area contributed by atoms with Gasteiger partial charge in [-0.2, -0.15) is 0 Å². The average Bonchev–Trinajstić information content (AvgIpc) is 2.21. The molecule has 0 unspecified atom stereocenters. The number of rotatable bonds is 0. The molecule has 1 fully saturated rings. The minimum atomic E-state index is -4.40. The number of hydrogen-bond acceptors (Lipinski definition) is 2. The van der Waals surface area contributed by atoms with Crippen molar-refractivity contribution in [3.8, 4) is 0 Å². The van der Waals surface area contributed by atoms with Crippen molar-refractivity contribution in [2.45, 2.75) is 52.6 Å². The van der Waals surface area contributed by atoms with Crippen molar-refractivity contribution in [2.75, 3.05) is 13.1 Å². The standard InChI is InChI=1S/C10H22F2N2Si/c1-9(2,3)13-7-8-14(10(4,5)6)15(13,11)12/h7-8H2,1-6H3. The lowest BCUT2D eigenvalue weighted by atomic mass is 10.1. The van der Waals surface area contributed by atoms with Gasteiger partial charge in [0.25, 0.3) is 0 Å². The van der Waals surface area contributed by atoms with E-state index < -0.39 is 20.1 Å². The Balaban J connectivity index is 2.95. The molecule has 0 aliphatic carbocycles. The Morgan fingerprint density at radius 1 is 0.800 bits per heavy atom. The van der Waals surface area contributed by atoms with E-state index in [2.05, 4.69) is 0 Å². The zero-order valence-electron chi connectivity index (χ0n) is 10.6. The molecular formula is C10H22F2N2Si. The molecule has 1 aliphatic heterocycles. The van der Waals surface area contributed by atoms with Crippen LogP contribution in [-0.4, -0.2) is 42.4 Å². The second-order valence-electron chi connectivity index (χ2n) is 6.15. The number of halogens is 2. The summed E-state index contributed by atoms with van der Waals surface area (Å²) >= 11 is 0. The zero-order valence-corrected chi connectivity index (χ0v) is 11.6. The Kier molecular flexibility index (Phi) is 3.05. The van der Waals surface area contributed by atoms with E-state index in [1.807, 2.05) is 41.5 Å². The molecular weight excluding hydrogens is 214 g/mol. The van der Waals surface area contributed by atoms with Crippen LogP contribution in [0.15, 0.2) is 0 Å². The van der Waals surface area contributed by atoms with Crippen molar-refractivity contribution in [1.29, 1.82) is 0 Å². The highest BCUT2D eigenvalue weighted by molar-refractivity contribution is 6.61. The fourth-order valence-corrected chi connectivity index (χ4v) is 4.74. The summed E-state index contributed by atoms with van der Waals surface area (Å²) < 4.78 is 31.3. The van der Waals surface area contributed by atoms with Gasteiger partial charge in [0, 0.05) is 24.2 Å². The van der Waals surface area contributed by atoms with Crippen LogP contribution in [-0.2, 0) is 0 Å². The van der Waals surface area contributed by atoms with Gasteiger partial charge in [-0.25, -0.2) is 8.22 Å². The van der Waals surface area contributed by atoms with E-state index in [-0.39, 0.29) is 0 Å². The van der Waals surface area contributed by atoms with Gasteiger partial charge in [-0.1, -0.05) is 0 Å². The molecule has 15 heavy (non-hydrogen) atoms. The van der Waals surface area contributed by atoms with Crippen LogP contribution in [0.5, 0.6) is 0 Å². The fourth-order valence-electron chi connectivity index (χ4n) is 2.09. The number of hydrogen-bond donors (Lipinski definition) is 0. The summed E-state index contributed by atoms with van der Waals surface area (Å²) in [4.78, 5) is 0. The molecule has 0 saturated carbocycles. The highest BCUT2D eigenvalue weighted by atomic mass is 28.4. The summed E-state index contributed by atoms with van der Waals surface area (Å²) in [5, 5.41) is 0. The Morgan fingerprint density at radius 3 is 1.20 bits per heavy atom. The predicted octanol–water partition coefficient (Wildman–Crippen LogP) is 2.58. The molecule has 0 aromatic heterocycles. The average molecular weight is 236 g/mol. The Hall–Kier alpha value is -0.00312. The Morgan fingerprint density at radius 2 is 1.07 bits per heavy atom. The first-order chi connectivity index (χ1) is 6.47. The highest BCUT2D eigenvalue weighted by Crippen LogP contribution is 2.36. The van der Waals surface area contributed by atoms with Crippen LogP contribution in [0, 0.1) is 0 Å². The molecule has 0 N–H and O–H groups in total. The van der Waals surface area contributed by atoms with Crippen molar-refractivity contribution < 1.29 is 8.22 Å². The molecule has 1 aliphatic rings. The van der Waals surface area contributed by atoms with Crippen molar-refractivity contribution >= 4 is 9.06 Å². The normalized spacial score (nSPS) is 24.8. The SMILES string of the molecule is CC(C)(C)N1CCN(C(C)(C)C)[Si]1(F)F. The van der Waals surface area contributed by atoms with Crippen LogP contribution < -0.4 is 0 Å². The lowest BCUT2D eigenvalue weighted by Gasteiger charge is -2.39. The molecule has 0 spiro atoms. The van der Waals surface area contributed by atoms with E-state index in [4.69, 9.17) is 0 Å². The van der Waals surface area contributed by atoms with Crippen molar-refractivity contribution in [1.82, 2.24) is 9.13 Å². The van der Waals surface area contributed by atoms with Crippen molar-refractivity contribution in [3.63, 3.8) is 0 Å². The van der Waals surface area contributed by atoms with Crippen LogP contribution in [0.4, 0.5) is 8.22 Å². The minimum Gasteiger partial charge on any atom is -0.254 e. The maximum absolute atomic E-state index is 14.3. The van der Waals surface area contributed by atoms with Gasteiger partial charge < -0.3 is 0 Å². The summed E-state index contributed by atoms with van der Waals surface area (Å²) in [6, 6.07) is 0. The van der Waals surface area contributed by atoms with Gasteiger partial charge in [-0.05, 0) is 41.5 Å². The molecule has 0 aromatic rings. The highest BCUT2D eigenvalue weighted by Gasteiger charge is 2.61. The molecule has 1 saturated heterocycles. The van der Waals surface area contributed by atoms with Gasteiger partial charge in [-0.3, -0.25) is 9.13 Å². The van der Waals surface area contributed by atoms with Gasteiger partial charge >= 0.3 is 9.06 Å². The second-order valence-corrected chi connectivity index (χ2v) is 8.25. The Labute approximate surface area is 92.8 Å². The quantitative estimate of drug-likeness (QED) is 0.471. The first-order valence-electron chi connectivity index (χ1n) is 5.40. The molecule has 0 bridgehead atoms. The van der Waals surface area contributed by atoms with E-state index in [0.717, 1.165) is 0 Å². The molecule has 1 rings (SSSR count). The van der Waals surface area contributed by atoms with E-state index >= 15 is 0 Å². The maximum Gasteiger partial charge on any atom is 0.600 e. The smallest absolute Gasteiger partial charge is 0.254 e. The summed E-state index contributed by atoms with van der Waals surface area (Å²) in [5.74, 6) is 0. The van der Waals surface area contributed by atoms with Crippen LogP contribution in [0.1, 0.15) is 41.5 Å². The lowest BCUT2D eigenvalue weighted by Crippen LogP contribution is -2.62. The Bertz CT molecular complexity index is 219. The maximum atomic E-state index is 14.3. The summed E-state index contributed by atoms with van der Waals surface area (Å²) in [6.07, 6.45) is 0. The van der Waals surface area contributed by atoms with Crippen molar-refractivity contribution in [2.24, 2.45) is 0 Å².